The number of hydrogen-bond acceptors (Lipinski definition) is 3. The van der Waals surface area contributed by atoms with Crippen molar-refractivity contribution < 1.29 is 9.90 Å². The van der Waals surface area contributed by atoms with Crippen molar-refractivity contribution in [3.05, 3.63) is 64.7 Å². The number of anilines is 1. The zero-order valence-electron chi connectivity index (χ0n) is 13.5. The molecule has 0 radical (unpaired) electrons. The average Bonchev–Trinajstić information content (AvgIpc) is 2.93. The molecule has 2 N–H and O–H groups in total. The highest BCUT2D eigenvalue weighted by molar-refractivity contribution is 5.94. The van der Waals surface area contributed by atoms with Gasteiger partial charge in [-0.2, -0.15) is 0 Å². The Morgan fingerprint density at radius 1 is 1.30 bits per heavy atom. The first kappa shape index (κ1) is 15.6. The van der Waals surface area contributed by atoms with E-state index >= 15 is 0 Å². The van der Waals surface area contributed by atoms with Crippen LogP contribution in [0, 0.1) is 6.92 Å². The number of nitrogens with zero attached hydrogens (tertiary/aromatic N) is 1. The van der Waals surface area contributed by atoms with Crippen molar-refractivity contribution >= 4 is 11.6 Å². The molecule has 4 heteroatoms. The first-order valence-electron chi connectivity index (χ1n) is 7.91. The fourth-order valence-corrected chi connectivity index (χ4v) is 2.99. The maximum absolute atomic E-state index is 12.1. The Balaban J connectivity index is 1.63. The van der Waals surface area contributed by atoms with Crippen LogP contribution in [0.1, 0.15) is 33.2 Å². The molecule has 1 amide bonds. The number of benzene rings is 2. The van der Waals surface area contributed by atoms with Crippen LogP contribution in [0.15, 0.2) is 42.5 Å². The number of aryl methyl sites for hydroxylation is 1. The van der Waals surface area contributed by atoms with Crippen LogP contribution in [-0.4, -0.2) is 31.2 Å². The molecule has 4 nitrogen and oxygen atoms in total. The summed E-state index contributed by atoms with van der Waals surface area (Å²) in [6.45, 7) is 3.17. The predicted molar refractivity (Wildman–Crippen MR) is 91.9 cm³/mol. The minimum absolute atomic E-state index is 0.159. The van der Waals surface area contributed by atoms with Crippen LogP contribution in [0.5, 0.6) is 0 Å². The Kier molecular flexibility index (Phi) is 4.35. The minimum Gasteiger partial charge on any atom is -0.387 e. The number of nitrogens with one attached hydrogen (secondary N) is 1. The third-order valence-corrected chi connectivity index (χ3v) is 4.35. The van der Waals surface area contributed by atoms with E-state index < -0.39 is 6.10 Å². The van der Waals surface area contributed by atoms with Gasteiger partial charge in [-0.15, -0.1) is 0 Å². The van der Waals surface area contributed by atoms with Gasteiger partial charge >= 0.3 is 0 Å². The fraction of sp³-hybridized carbons (Fsp3) is 0.316. The van der Waals surface area contributed by atoms with Gasteiger partial charge in [-0.1, -0.05) is 29.8 Å². The van der Waals surface area contributed by atoms with Gasteiger partial charge in [-0.25, -0.2) is 0 Å². The highest BCUT2D eigenvalue weighted by atomic mass is 16.3. The molecule has 1 unspecified atom stereocenters. The van der Waals surface area contributed by atoms with Crippen molar-refractivity contribution in [2.45, 2.75) is 19.4 Å². The van der Waals surface area contributed by atoms with Crippen LogP contribution in [-0.2, 0) is 6.42 Å². The van der Waals surface area contributed by atoms with E-state index in [0.29, 0.717) is 5.56 Å². The number of fused-ring (bicyclic) bond motifs is 1. The number of hydrogen-bond donors (Lipinski definition) is 2. The Morgan fingerprint density at radius 2 is 2.13 bits per heavy atom. The van der Waals surface area contributed by atoms with Crippen LogP contribution in [0.3, 0.4) is 0 Å². The summed E-state index contributed by atoms with van der Waals surface area (Å²) in [6.07, 6.45) is 0.308. The second-order valence-electron chi connectivity index (χ2n) is 6.16. The second kappa shape index (κ2) is 6.42. The molecule has 0 bridgehead atoms. The summed E-state index contributed by atoms with van der Waals surface area (Å²) < 4.78 is 0. The smallest absolute Gasteiger partial charge is 0.251 e. The standard InChI is InChI=1S/C19H22N2O2/c1-13-4-3-5-16(10-13)19(23)20-12-18(22)15-6-7-17-14(11-15)8-9-21(17)2/h3-7,10-11,18,22H,8-9,12H2,1-2H3,(H,20,23). The third kappa shape index (κ3) is 3.37. The van der Waals surface area contributed by atoms with Gasteiger partial charge in [0.15, 0.2) is 0 Å². The largest absolute Gasteiger partial charge is 0.387 e. The lowest BCUT2D eigenvalue weighted by Gasteiger charge is -2.15. The second-order valence-corrected chi connectivity index (χ2v) is 6.16. The predicted octanol–water partition coefficient (Wildman–Crippen LogP) is 2.45. The molecular formula is C19H22N2O2. The average molecular weight is 310 g/mol. The fourth-order valence-electron chi connectivity index (χ4n) is 2.99. The van der Waals surface area contributed by atoms with Gasteiger partial charge in [0.1, 0.15) is 0 Å². The molecule has 0 aromatic heterocycles. The molecule has 0 saturated carbocycles. The molecule has 2 aromatic rings. The van der Waals surface area contributed by atoms with E-state index in [9.17, 15) is 9.90 Å². The number of aliphatic hydroxyl groups is 1. The summed E-state index contributed by atoms with van der Waals surface area (Å²) in [7, 11) is 2.07. The number of rotatable bonds is 4. The van der Waals surface area contributed by atoms with Crippen molar-refractivity contribution in [3.63, 3.8) is 0 Å². The first-order valence-corrected chi connectivity index (χ1v) is 7.91. The molecule has 0 saturated heterocycles. The van der Waals surface area contributed by atoms with Gasteiger partial charge in [0.2, 0.25) is 0 Å². The Labute approximate surface area is 136 Å². The summed E-state index contributed by atoms with van der Waals surface area (Å²) in [5.74, 6) is -0.159. The molecule has 120 valence electrons. The number of carbonyl (C=O) groups is 1. The van der Waals surface area contributed by atoms with Crippen LogP contribution in [0.2, 0.25) is 0 Å². The van der Waals surface area contributed by atoms with Crippen molar-refractivity contribution in [2.75, 3.05) is 25.0 Å². The lowest BCUT2D eigenvalue weighted by atomic mass is 10.0. The molecule has 2 aromatic carbocycles. The Morgan fingerprint density at radius 3 is 2.91 bits per heavy atom. The van der Waals surface area contributed by atoms with Gasteiger partial charge < -0.3 is 15.3 Å². The van der Waals surface area contributed by atoms with Crippen molar-refractivity contribution in [2.24, 2.45) is 0 Å². The van der Waals surface area contributed by atoms with Gasteiger partial charge in [0.05, 0.1) is 6.10 Å². The lowest BCUT2D eigenvalue weighted by molar-refractivity contribution is 0.0916. The maximum atomic E-state index is 12.1. The Bertz CT molecular complexity index is 727. The molecule has 1 aliphatic rings. The number of amides is 1. The van der Waals surface area contributed by atoms with E-state index in [2.05, 4.69) is 17.3 Å². The molecule has 3 rings (SSSR count). The molecule has 1 atom stereocenters. The van der Waals surface area contributed by atoms with Crippen molar-refractivity contribution in [1.82, 2.24) is 5.32 Å². The summed E-state index contributed by atoms with van der Waals surface area (Å²) in [6, 6.07) is 13.5. The Hall–Kier alpha value is -2.33. The van der Waals surface area contributed by atoms with Crippen LogP contribution >= 0.6 is 0 Å². The maximum Gasteiger partial charge on any atom is 0.251 e. The molecule has 0 spiro atoms. The van der Waals surface area contributed by atoms with Crippen LogP contribution in [0.4, 0.5) is 5.69 Å². The van der Waals surface area contributed by atoms with E-state index in [0.717, 1.165) is 24.1 Å². The third-order valence-electron chi connectivity index (χ3n) is 4.35. The molecule has 1 heterocycles. The zero-order chi connectivity index (χ0) is 16.4. The van der Waals surface area contributed by atoms with Crippen molar-refractivity contribution in [1.29, 1.82) is 0 Å². The lowest BCUT2D eigenvalue weighted by Crippen LogP contribution is -2.28. The number of likely N-dealkylation sites (N-methyl/N-ethyl adjacent to an activating group) is 1. The monoisotopic (exact) mass is 310 g/mol. The molecule has 1 aliphatic heterocycles. The molecule has 23 heavy (non-hydrogen) atoms. The normalized spacial score (nSPS) is 14.5. The molecule has 0 aliphatic carbocycles. The van der Waals surface area contributed by atoms with E-state index in [4.69, 9.17) is 0 Å². The zero-order valence-corrected chi connectivity index (χ0v) is 13.5. The summed E-state index contributed by atoms with van der Waals surface area (Å²) in [5, 5.41) is 13.1. The van der Waals surface area contributed by atoms with Gasteiger partial charge in [0.25, 0.3) is 5.91 Å². The quantitative estimate of drug-likeness (QED) is 0.912. The summed E-state index contributed by atoms with van der Waals surface area (Å²) in [5.41, 5.74) is 5.00. The highest BCUT2D eigenvalue weighted by Crippen LogP contribution is 2.29. The number of aliphatic hydroxyl groups excluding tert-OH is 1. The van der Waals surface area contributed by atoms with E-state index in [1.165, 1.54) is 11.3 Å². The molecule has 0 fully saturated rings. The van der Waals surface area contributed by atoms with E-state index in [1.807, 2.05) is 43.3 Å². The number of carbonyl (C=O) groups excluding carboxylic acids is 1. The van der Waals surface area contributed by atoms with Crippen LogP contribution < -0.4 is 10.2 Å². The molecular weight excluding hydrogens is 288 g/mol. The summed E-state index contributed by atoms with van der Waals surface area (Å²) in [4.78, 5) is 14.3. The minimum atomic E-state index is -0.694. The van der Waals surface area contributed by atoms with E-state index in [1.54, 1.807) is 6.07 Å². The SMILES string of the molecule is Cc1cccc(C(=O)NCC(O)c2ccc3c(c2)CCN3C)c1. The van der Waals surface area contributed by atoms with Gasteiger partial charge in [-0.3, -0.25) is 4.79 Å². The van der Waals surface area contributed by atoms with E-state index in [-0.39, 0.29) is 12.5 Å². The van der Waals surface area contributed by atoms with Gasteiger partial charge in [0, 0.05) is 31.4 Å². The van der Waals surface area contributed by atoms with Gasteiger partial charge in [-0.05, 0) is 42.7 Å². The summed E-state index contributed by atoms with van der Waals surface area (Å²) >= 11 is 0. The van der Waals surface area contributed by atoms with Crippen LogP contribution in [0.25, 0.3) is 0 Å². The highest BCUT2D eigenvalue weighted by Gasteiger charge is 2.18. The first-order chi connectivity index (χ1) is 11.0. The van der Waals surface area contributed by atoms with Crippen molar-refractivity contribution in [3.8, 4) is 0 Å². The topological polar surface area (TPSA) is 52.6 Å².